The van der Waals surface area contributed by atoms with Gasteiger partial charge in [0.2, 0.25) is 10.0 Å². The molecule has 0 aromatic carbocycles. The zero-order valence-corrected chi connectivity index (χ0v) is 11.4. The highest BCUT2D eigenvalue weighted by Gasteiger charge is 2.19. The summed E-state index contributed by atoms with van der Waals surface area (Å²) in [5, 5.41) is 21.7. The monoisotopic (exact) mass is 297 g/mol. The molecule has 0 aliphatic rings. The molecule has 0 spiro atoms. The van der Waals surface area contributed by atoms with Gasteiger partial charge in [0, 0.05) is 26.1 Å². The lowest BCUT2D eigenvalue weighted by molar-refractivity contribution is -0.139. The SMILES string of the molecule is CCNS(=O)(=O)CCNC(=O)N[C@H](CCO)C(=O)O. The van der Waals surface area contributed by atoms with Crippen LogP contribution in [0.1, 0.15) is 13.3 Å². The Bertz CT molecular complexity index is 397. The van der Waals surface area contributed by atoms with Crippen LogP contribution in [0.3, 0.4) is 0 Å². The van der Waals surface area contributed by atoms with Gasteiger partial charge in [-0.25, -0.2) is 22.7 Å². The van der Waals surface area contributed by atoms with Crippen molar-refractivity contribution in [1.82, 2.24) is 15.4 Å². The summed E-state index contributed by atoms with van der Waals surface area (Å²) >= 11 is 0. The lowest BCUT2D eigenvalue weighted by Crippen LogP contribution is -2.47. The Morgan fingerprint density at radius 2 is 1.95 bits per heavy atom. The van der Waals surface area contributed by atoms with Crippen LogP contribution < -0.4 is 15.4 Å². The number of rotatable bonds is 9. The van der Waals surface area contributed by atoms with Crippen molar-refractivity contribution in [1.29, 1.82) is 0 Å². The highest BCUT2D eigenvalue weighted by molar-refractivity contribution is 7.89. The van der Waals surface area contributed by atoms with Crippen molar-refractivity contribution in [2.75, 3.05) is 25.4 Å². The van der Waals surface area contributed by atoms with Gasteiger partial charge in [-0.3, -0.25) is 0 Å². The maximum absolute atomic E-state index is 11.3. The first-order valence-corrected chi connectivity index (χ1v) is 7.33. The molecule has 9 nitrogen and oxygen atoms in total. The van der Waals surface area contributed by atoms with E-state index in [1.54, 1.807) is 6.92 Å². The van der Waals surface area contributed by atoms with Crippen molar-refractivity contribution >= 4 is 22.0 Å². The van der Waals surface area contributed by atoms with E-state index in [2.05, 4.69) is 15.4 Å². The lowest BCUT2D eigenvalue weighted by Gasteiger charge is -2.14. The number of amides is 2. The van der Waals surface area contributed by atoms with Crippen LogP contribution in [0.4, 0.5) is 4.79 Å². The minimum absolute atomic E-state index is 0.127. The van der Waals surface area contributed by atoms with E-state index in [4.69, 9.17) is 10.2 Å². The van der Waals surface area contributed by atoms with Crippen molar-refractivity contribution < 1.29 is 28.2 Å². The van der Waals surface area contributed by atoms with Crippen LogP contribution in [0, 0.1) is 0 Å². The third-order valence-electron chi connectivity index (χ3n) is 2.04. The van der Waals surface area contributed by atoms with Gasteiger partial charge in [0.05, 0.1) is 5.75 Å². The van der Waals surface area contributed by atoms with Crippen molar-refractivity contribution in [2.24, 2.45) is 0 Å². The van der Waals surface area contributed by atoms with Crippen LogP contribution in [-0.4, -0.2) is 62.1 Å². The summed E-state index contributed by atoms with van der Waals surface area (Å²) in [6.45, 7) is 1.36. The molecule has 0 saturated heterocycles. The quantitative estimate of drug-likeness (QED) is 0.335. The molecule has 0 aromatic heterocycles. The molecule has 0 aromatic rings. The van der Waals surface area contributed by atoms with Crippen LogP contribution in [0.2, 0.25) is 0 Å². The number of hydrogen-bond acceptors (Lipinski definition) is 5. The van der Waals surface area contributed by atoms with Gasteiger partial charge in [-0.2, -0.15) is 0 Å². The van der Waals surface area contributed by atoms with Crippen LogP contribution in [-0.2, 0) is 14.8 Å². The Balaban J connectivity index is 4.08. The number of nitrogens with one attached hydrogen (secondary N) is 3. The fraction of sp³-hybridized carbons (Fsp3) is 0.778. The average molecular weight is 297 g/mol. The molecule has 0 unspecified atom stereocenters. The van der Waals surface area contributed by atoms with Crippen LogP contribution in [0.25, 0.3) is 0 Å². The standard InChI is InChI=1S/C9H19N3O6S/c1-2-11-19(17,18)6-4-10-9(16)12-7(3-5-13)8(14)15/h7,11,13H,2-6H2,1H3,(H,14,15)(H2,10,12,16)/t7-/m1/s1. The summed E-state index contributed by atoms with van der Waals surface area (Å²) in [7, 11) is -3.43. The minimum atomic E-state index is -3.43. The number of carboxylic acids is 1. The first-order chi connectivity index (χ1) is 8.82. The molecule has 0 fully saturated rings. The zero-order chi connectivity index (χ0) is 14.9. The van der Waals surface area contributed by atoms with Gasteiger partial charge in [0.15, 0.2) is 0 Å². The van der Waals surface area contributed by atoms with E-state index in [0.29, 0.717) is 0 Å². The molecular weight excluding hydrogens is 278 g/mol. The number of carboxylic acid groups (broad SMARTS) is 1. The molecule has 0 heterocycles. The topological polar surface area (TPSA) is 145 Å². The molecule has 0 rings (SSSR count). The molecule has 0 aliphatic heterocycles. The molecule has 0 bridgehead atoms. The molecule has 0 saturated carbocycles. The second-order valence-electron chi connectivity index (χ2n) is 3.62. The maximum atomic E-state index is 11.3. The van der Waals surface area contributed by atoms with E-state index in [1.165, 1.54) is 0 Å². The number of aliphatic hydroxyl groups is 1. The number of carbonyl (C=O) groups is 2. The second kappa shape index (κ2) is 8.67. The van der Waals surface area contributed by atoms with Crippen molar-refractivity contribution in [2.45, 2.75) is 19.4 Å². The Hall–Kier alpha value is -1.39. The first kappa shape index (κ1) is 17.6. The van der Waals surface area contributed by atoms with Gasteiger partial charge in [0.25, 0.3) is 0 Å². The fourth-order valence-electron chi connectivity index (χ4n) is 1.19. The minimum Gasteiger partial charge on any atom is -0.480 e. The summed E-state index contributed by atoms with van der Waals surface area (Å²) in [5.41, 5.74) is 0. The third kappa shape index (κ3) is 8.35. The molecule has 0 radical (unpaired) electrons. The lowest BCUT2D eigenvalue weighted by atomic mass is 10.2. The smallest absolute Gasteiger partial charge is 0.326 e. The van der Waals surface area contributed by atoms with Gasteiger partial charge >= 0.3 is 12.0 Å². The number of carbonyl (C=O) groups excluding carboxylic acids is 1. The van der Waals surface area contributed by atoms with Crippen LogP contribution in [0.5, 0.6) is 0 Å². The number of sulfonamides is 1. The molecule has 10 heteroatoms. The Kier molecular flexibility index (Phi) is 8.03. The summed E-state index contributed by atoms with van der Waals surface area (Å²) in [6.07, 6.45) is -0.127. The van der Waals surface area contributed by atoms with Crippen LogP contribution >= 0.6 is 0 Å². The fourth-order valence-corrected chi connectivity index (χ4v) is 2.14. The number of urea groups is 1. The molecular formula is C9H19N3O6S. The molecule has 0 aliphatic carbocycles. The Morgan fingerprint density at radius 1 is 1.32 bits per heavy atom. The van der Waals surface area contributed by atoms with Crippen molar-refractivity contribution in [3.63, 3.8) is 0 Å². The normalized spacial score (nSPS) is 12.7. The highest BCUT2D eigenvalue weighted by Crippen LogP contribution is 1.91. The number of hydrogen-bond donors (Lipinski definition) is 5. The predicted molar refractivity (Wildman–Crippen MR) is 67.1 cm³/mol. The number of aliphatic hydroxyl groups excluding tert-OH is 1. The van der Waals surface area contributed by atoms with Gasteiger partial charge in [-0.1, -0.05) is 6.92 Å². The largest absolute Gasteiger partial charge is 0.480 e. The van der Waals surface area contributed by atoms with Gasteiger partial charge < -0.3 is 20.8 Å². The Morgan fingerprint density at radius 3 is 2.42 bits per heavy atom. The number of aliphatic carboxylic acids is 1. The summed E-state index contributed by atoms with van der Waals surface area (Å²) in [4.78, 5) is 22.0. The zero-order valence-electron chi connectivity index (χ0n) is 10.5. The predicted octanol–water partition coefficient (Wildman–Crippen LogP) is -1.94. The summed E-state index contributed by atoms with van der Waals surface area (Å²) < 4.78 is 24.7. The first-order valence-electron chi connectivity index (χ1n) is 5.67. The molecule has 19 heavy (non-hydrogen) atoms. The molecule has 112 valence electrons. The molecule has 1 atom stereocenters. The van der Waals surface area contributed by atoms with E-state index < -0.39 is 28.1 Å². The van der Waals surface area contributed by atoms with Gasteiger partial charge in [-0.05, 0) is 0 Å². The Labute approximate surface area is 111 Å². The van der Waals surface area contributed by atoms with Crippen molar-refractivity contribution in [3.8, 4) is 0 Å². The van der Waals surface area contributed by atoms with E-state index in [9.17, 15) is 18.0 Å². The van der Waals surface area contributed by atoms with Gasteiger partial charge in [0.1, 0.15) is 6.04 Å². The van der Waals surface area contributed by atoms with Gasteiger partial charge in [-0.15, -0.1) is 0 Å². The molecule has 2 amide bonds. The van der Waals surface area contributed by atoms with E-state index >= 15 is 0 Å². The summed E-state index contributed by atoms with van der Waals surface area (Å²) in [6, 6.07) is -2.01. The third-order valence-corrected chi connectivity index (χ3v) is 3.51. The maximum Gasteiger partial charge on any atom is 0.326 e. The van der Waals surface area contributed by atoms with Crippen LogP contribution in [0.15, 0.2) is 0 Å². The highest BCUT2D eigenvalue weighted by atomic mass is 32.2. The van der Waals surface area contributed by atoms with E-state index in [-0.39, 0.29) is 31.9 Å². The van der Waals surface area contributed by atoms with Crippen molar-refractivity contribution in [3.05, 3.63) is 0 Å². The van der Waals surface area contributed by atoms with E-state index in [0.717, 1.165) is 0 Å². The van der Waals surface area contributed by atoms with E-state index in [1.807, 2.05) is 0 Å². The molecule has 5 N–H and O–H groups in total. The summed E-state index contributed by atoms with van der Waals surface area (Å²) in [5.74, 6) is -1.57. The average Bonchev–Trinajstić information content (AvgIpc) is 2.27. The second-order valence-corrected chi connectivity index (χ2v) is 5.55.